The lowest BCUT2D eigenvalue weighted by atomic mass is 10.1. The molecule has 108 valence electrons. The average Bonchev–Trinajstić information content (AvgIpc) is 3.15. The van der Waals surface area contributed by atoms with E-state index in [1.54, 1.807) is 18.7 Å². The molecule has 1 N–H and O–H groups in total. The summed E-state index contributed by atoms with van der Waals surface area (Å²) in [4.78, 5) is 8.51. The molecule has 0 radical (unpaired) electrons. The largest absolute Gasteiger partial charge is 0.459 e. The molecule has 3 heterocycles. The highest BCUT2D eigenvalue weighted by Crippen LogP contribution is 2.22. The Bertz CT molecular complexity index is 690. The molecule has 0 saturated heterocycles. The summed E-state index contributed by atoms with van der Waals surface area (Å²) >= 11 is 0. The molecule has 3 rings (SSSR count). The Balaban J connectivity index is 1.68. The van der Waals surface area contributed by atoms with Gasteiger partial charge in [-0.25, -0.2) is 4.98 Å². The number of nitrogens with zero attached hydrogens (tertiary/aromatic N) is 2. The minimum atomic E-state index is 0.219. The molecule has 1 atom stereocenters. The predicted octanol–water partition coefficient (Wildman–Crippen LogP) is 3.49. The lowest BCUT2D eigenvalue weighted by Crippen LogP contribution is -2.18. The topological polar surface area (TPSA) is 64.1 Å². The second-order valence-corrected chi connectivity index (χ2v) is 4.88. The van der Waals surface area contributed by atoms with Gasteiger partial charge in [-0.05, 0) is 43.7 Å². The van der Waals surface area contributed by atoms with Crippen LogP contribution in [-0.4, -0.2) is 9.97 Å². The number of aryl methyl sites for hydroxylation is 1. The van der Waals surface area contributed by atoms with Crippen molar-refractivity contribution in [2.45, 2.75) is 26.4 Å². The normalized spacial score (nSPS) is 12.5. The highest BCUT2D eigenvalue weighted by molar-refractivity contribution is 5.44. The van der Waals surface area contributed by atoms with Gasteiger partial charge in [0.2, 0.25) is 0 Å². The number of hydrogen-bond acceptors (Lipinski definition) is 5. The van der Waals surface area contributed by atoms with E-state index in [9.17, 15) is 0 Å². The molecule has 0 saturated carbocycles. The highest BCUT2D eigenvalue weighted by Gasteiger charge is 2.14. The lowest BCUT2D eigenvalue weighted by Gasteiger charge is -2.12. The summed E-state index contributed by atoms with van der Waals surface area (Å²) in [6.45, 7) is 4.66. The zero-order valence-corrected chi connectivity index (χ0v) is 12.0. The van der Waals surface area contributed by atoms with Crippen LogP contribution in [0.15, 0.2) is 51.8 Å². The summed E-state index contributed by atoms with van der Waals surface area (Å²) in [6, 6.07) is 7.87. The molecule has 0 fully saturated rings. The Morgan fingerprint density at radius 3 is 2.76 bits per heavy atom. The molecule has 21 heavy (non-hydrogen) atoms. The molecule has 3 aromatic rings. The number of rotatable bonds is 5. The Labute approximate surface area is 123 Å². The van der Waals surface area contributed by atoms with Gasteiger partial charge in [0.05, 0.1) is 12.0 Å². The first-order valence-electron chi connectivity index (χ1n) is 6.87. The van der Waals surface area contributed by atoms with E-state index in [1.807, 2.05) is 31.2 Å². The van der Waals surface area contributed by atoms with Crippen molar-refractivity contribution in [3.8, 4) is 11.7 Å². The van der Waals surface area contributed by atoms with Gasteiger partial charge in [-0.1, -0.05) is 0 Å². The first kappa shape index (κ1) is 13.6. The van der Waals surface area contributed by atoms with Crippen LogP contribution in [0, 0.1) is 6.92 Å². The van der Waals surface area contributed by atoms with Gasteiger partial charge in [-0.3, -0.25) is 4.98 Å². The molecule has 0 aromatic carbocycles. The van der Waals surface area contributed by atoms with Crippen LogP contribution in [0.25, 0.3) is 11.7 Å². The van der Waals surface area contributed by atoms with Gasteiger partial charge in [0, 0.05) is 25.0 Å². The van der Waals surface area contributed by atoms with Crippen LogP contribution in [-0.2, 0) is 6.54 Å². The SMILES string of the molecule is Cc1oc(-c2ccco2)nc1CN[C@H](C)c1ccncc1. The van der Waals surface area contributed by atoms with Crippen LogP contribution in [0.1, 0.15) is 30.0 Å². The molecule has 0 amide bonds. The van der Waals surface area contributed by atoms with Crippen molar-refractivity contribution < 1.29 is 8.83 Å². The summed E-state index contributed by atoms with van der Waals surface area (Å²) in [5.74, 6) is 1.97. The molecule has 5 nitrogen and oxygen atoms in total. The fourth-order valence-corrected chi connectivity index (χ4v) is 2.12. The summed E-state index contributed by atoms with van der Waals surface area (Å²) in [5, 5.41) is 3.43. The molecule has 5 heteroatoms. The Kier molecular flexibility index (Phi) is 3.83. The zero-order valence-electron chi connectivity index (χ0n) is 12.0. The van der Waals surface area contributed by atoms with Crippen molar-refractivity contribution in [1.82, 2.24) is 15.3 Å². The molecule has 0 spiro atoms. The van der Waals surface area contributed by atoms with E-state index < -0.39 is 0 Å². The first-order chi connectivity index (χ1) is 10.2. The van der Waals surface area contributed by atoms with Crippen molar-refractivity contribution >= 4 is 0 Å². The van der Waals surface area contributed by atoms with Crippen LogP contribution in [0.2, 0.25) is 0 Å². The minimum Gasteiger partial charge on any atom is -0.459 e. The van der Waals surface area contributed by atoms with E-state index in [0.29, 0.717) is 18.2 Å². The summed E-state index contributed by atoms with van der Waals surface area (Å²) in [7, 11) is 0. The van der Waals surface area contributed by atoms with Crippen molar-refractivity contribution in [1.29, 1.82) is 0 Å². The third-order valence-corrected chi connectivity index (χ3v) is 3.41. The van der Waals surface area contributed by atoms with E-state index >= 15 is 0 Å². The first-order valence-corrected chi connectivity index (χ1v) is 6.87. The lowest BCUT2D eigenvalue weighted by molar-refractivity contribution is 0.497. The van der Waals surface area contributed by atoms with Crippen LogP contribution >= 0.6 is 0 Å². The maximum Gasteiger partial charge on any atom is 0.263 e. The van der Waals surface area contributed by atoms with Gasteiger partial charge in [0.1, 0.15) is 5.76 Å². The quantitative estimate of drug-likeness (QED) is 0.776. The monoisotopic (exact) mass is 283 g/mol. The molecule has 0 unspecified atom stereocenters. The molecular weight excluding hydrogens is 266 g/mol. The summed E-state index contributed by atoms with van der Waals surface area (Å²) in [5.41, 5.74) is 2.08. The van der Waals surface area contributed by atoms with Gasteiger partial charge >= 0.3 is 0 Å². The van der Waals surface area contributed by atoms with E-state index in [0.717, 1.165) is 11.5 Å². The second kappa shape index (κ2) is 5.93. The predicted molar refractivity (Wildman–Crippen MR) is 78.4 cm³/mol. The minimum absolute atomic E-state index is 0.219. The fraction of sp³-hybridized carbons (Fsp3) is 0.250. The van der Waals surface area contributed by atoms with E-state index in [2.05, 4.69) is 22.2 Å². The third-order valence-electron chi connectivity index (χ3n) is 3.41. The second-order valence-electron chi connectivity index (χ2n) is 4.88. The summed E-state index contributed by atoms with van der Waals surface area (Å²) < 4.78 is 10.9. The Morgan fingerprint density at radius 1 is 1.24 bits per heavy atom. The van der Waals surface area contributed by atoms with Crippen molar-refractivity contribution in [2.24, 2.45) is 0 Å². The Morgan fingerprint density at radius 2 is 2.05 bits per heavy atom. The highest BCUT2D eigenvalue weighted by atomic mass is 16.4. The van der Waals surface area contributed by atoms with Crippen LogP contribution in [0.5, 0.6) is 0 Å². The molecule has 0 aliphatic carbocycles. The number of oxazole rings is 1. The third kappa shape index (κ3) is 3.03. The zero-order chi connectivity index (χ0) is 14.7. The molecular formula is C16H17N3O2. The van der Waals surface area contributed by atoms with Crippen LogP contribution < -0.4 is 5.32 Å². The average molecular weight is 283 g/mol. The van der Waals surface area contributed by atoms with Gasteiger partial charge in [-0.15, -0.1) is 0 Å². The van der Waals surface area contributed by atoms with Gasteiger partial charge < -0.3 is 14.2 Å². The van der Waals surface area contributed by atoms with Gasteiger partial charge in [-0.2, -0.15) is 0 Å². The van der Waals surface area contributed by atoms with E-state index in [1.165, 1.54) is 5.56 Å². The maximum atomic E-state index is 5.64. The molecule has 0 aliphatic heterocycles. The van der Waals surface area contributed by atoms with Gasteiger partial charge in [0.15, 0.2) is 5.76 Å². The number of pyridine rings is 1. The number of furan rings is 1. The van der Waals surface area contributed by atoms with Crippen molar-refractivity contribution in [2.75, 3.05) is 0 Å². The molecule has 0 bridgehead atoms. The number of aromatic nitrogens is 2. The molecule has 0 aliphatic rings. The summed E-state index contributed by atoms with van der Waals surface area (Å²) in [6.07, 6.45) is 5.20. The fourth-order valence-electron chi connectivity index (χ4n) is 2.12. The van der Waals surface area contributed by atoms with Gasteiger partial charge in [0.25, 0.3) is 5.89 Å². The van der Waals surface area contributed by atoms with Crippen LogP contribution in [0.4, 0.5) is 0 Å². The standard InChI is InChI=1S/C16H17N3O2/c1-11(13-5-7-17-8-6-13)18-10-14-12(2)21-16(19-14)15-4-3-9-20-15/h3-9,11,18H,10H2,1-2H3/t11-/m1/s1. The number of hydrogen-bond donors (Lipinski definition) is 1. The van der Waals surface area contributed by atoms with Crippen molar-refractivity contribution in [3.05, 3.63) is 59.9 Å². The smallest absolute Gasteiger partial charge is 0.263 e. The number of nitrogens with one attached hydrogen (secondary N) is 1. The van der Waals surface area contributed by atoms with E-state index in [-0.39, 0.29) is 6.04 Å². The van der Waals surface area contributed by atoms with Crippen molar-refractivity contribution in [3.63, 3.8) is 0 Å². The molecule has 3 aromatic heterocycles. The Hall–Kier alpha value is -2.40. The van der Waals surface area contributed by atoms with E-state index in [4.69, 9.17) is 8.83 Å². The van der Waals surface area contributed by atoms with Crippen LogP contribution in [0.3, 0.4) is 0 Å². The maximum absolute atomic E-state index is 5.64.